The van der Waals surface area contributed by atoms with Crippen molar-refractivity contribution in [2.75, 3.05) is 12.8 Å². The van der Waals surface area contributed by atoms with Crippen LogP contribution in [-0.2, 0) is 9.53 Å². The predicted molar refractivity (Wildman–Crippen MR) is 69.6 cm³/mol. The fourth-order valence-corrected chi connectivity index (χ4v) is 1.60. The summed E-state index contributed by atoms with van der Waals surface area (Å²) in [6.45, 7) is 0. The van der Waals surface area contributed by atoms with Gasteiger partial charge in [0.2, 0.25) is 0 Å². The van der Waals surface area contributed by atoms with Crippen molar-refractivity contribution in [2.45, 2.75) is 6.42 Å². The Morgan fingerprint density at radius 2 is 2.17 bits per heavy atom. The zero-order chi connectivity index (χ0) is 13.0. The summed E-state index contributed by atoms with van der Waals surface area (Å²) in [5.41, 5.74) is 8.76. The van der Waals surface area contributed by atoms with Gasteiger partial charge in [-0.15, -0.1) is 0 Å². The third kappa shape index (κ3) is 2.45. The summed E-state index contributed by atoms with van der Waals surface area (Å²) in [6, 6.07) is 3.59. The Morgan fingerprint density at radius 1 is 1.39 bits per heavy atom. The molecule has 0 atom stereocenters. The number of anilines is 1. The van der Waals surface area contributed by atoms with Gasteiger partial charge in [-0.05, 0) is 12.1 Å². The minimum atomic E-state index is -0.295. The lowest BCUT2D eigenvalue weighted by atomic mass is 10.1. The molecular formula is C13H13N3O2. The van der Waals surface area contributed by atoms with E-state index in [0.717, 1.165) is 16.6 Å². The molecule has 0 aliphatic heterocycles. The molecule has 1 aromatic carbocycles. The highest BCUT2D eigenvalue weighted by Crippen LogP contribution is 2.22. The molecule has 0 amide bonds. The highest BCUT2D eigenvalue weighted by atomic mass is 16.5. The molecule has 0 unspecified atom stereocenters. The third-order valence-corrected chi connectivity index (χ3v) is 2.51. The maximum absolute atomic E-state index is 11.0. The second kappa shape index (κ2) is 5.27. The summed E-state index contributed by atoms with van der Waals surface area (Å²) < 4.78 is 4.56. The molecular weight excluding hydrogens is 230 g/mol. The average Bonchev–Trinajstić information content (AvgIpc) is 2.41. The number of nitrogens with two attached hydrogens (primary N) is 1. The molecule has 1 heterocycles. The number of carbonyl (C=O) groups excluding carboxylic acids is 1. The van der Waals surface area contributed by atoms with Crippen molar-refractivity contribution in [1.82, 2.24) is 9.97 Å². The Morgan fingerprint density at radius 3 is 2.94 bits per heavy atom. The Bertz CT molecular complexity index is 608. The van der Waals surface area contributed by atoms with Gasteiger partial charge in [0, 0.05) is 23.6 Å². The molecule has 0 saturated heterocycles. The van der Waals surface area contributed by atoms with Crippen LogP contribution in [-0.4, -0.2) is 23.0 Å². The van der Waals surface area contributed by atoms with E-state index in [1.165, 1.54) is 7.11 Å². The molecule has 1 aromatic heterocycles. The highest BCUT2D eigenvalue weighted by molar-refractivity contribution is 5.90. The predicted octanol–water partition coefficient (Wildman–Crippen LogP) is 1.79. The number of aromatic nitrogens is 2. The van der Waals surface area contributed by atoms with Crippen LogP contribution in [0.15, 0.2) is 30.6 Å². The minimum Gasteiger partial charge on any atom is -0.469 e. The van der Waals surface area contributed by atoms with Gasteiger partial charge in [0.25, 0.3) is 0 Å². The molecule has 18 heavy (non-hydrogen) atoms. The summed E-state index contributed by atoms with van der Waals surface area (Å²) >= 11 is 0. The number of ether oxygens (including phenoxy) is 1. The van der Waals surface area contributed by atoms with E-state index < -0.39 is 0 Å². The van der Waals surface area contributed by atoms with Gasteiger partial charge in [-0.1, -0.05) is 12.2 Å². The summed E-state index contributed by atoms with van der Waals surface area (Å²) in [6.07, 6.45) is 6.90. The lowest BCUT2D eigenvalue weighted by Gasteiger charge is -2.04. The first-order chi connectivity index (χ1) is 8.72. The average molecular weight is 243 g/mol. The van der Waals surface area contributed by atoms with E-state index in [0.29, 0.717) is 5.69 Å². The number of rotatable bonds is 3. The largest absolute Gasteiger partial charge is 0.469 e. The van der Waals surface area contributed by atoms with Crippen molar-refractivity contribution >= 4 is 28.8 Å². The first-order valence-electron chi connectivity index (χ1n) is 5.45. The van der Waals surface area contributed by atoms with Crippen molar-refractivity contribution in [3.8, 4) is 0 Å². The molecule has 0 radical (unpaired) electrons. The van der Waals surface area contributed by atoms with Crippen LogP contribution in [0.3, 0.4) is 0 Å². The lowest BCUT2D eigenvalue weighted by Crippen LogP contribution is -1.97. The van der Waals surface area contributed by atoms with Crippen LogP contribution in [0.1, 0.15) is 12.0 Å². The van der Waals surface area contributed by atoms with Gasteiger partial charge in [-0.3, -0.25) is 14.8 Å². The maximum atomic E-state index is 11.0. The van der Waals surface area contributed by atoms with Crippen molar-refractivity contribution in [3.63, 3.8) is 0 Å². The highest BCUT2D eigenvalue weighted by Gasteiger charge is 2.04. The first kappa shape index (κ1) is 12.0. The first-order valence-corrected chi connectivity index (χ1v) is 5.45. The fraction of sp³-hybridized carbons (Fsp3) is 0.154. The molecule has 0 aliphatic carbocycles. The van der Waals surface area contributed by atoms with Crippen molar-refractivity contribution in [3.05, 3.63) is 36.2 Å². The maximum Gasteiger partial charge on any atom is 0.309 e. The number of methoxy groups -OCH3 is 1. The van der Waals surface area contributed by atoms with Crippen LogP contribution in [0, 0.1) is 0 Å². The van der Waals surface area contributed by atoms with E-state index >= 15 is 0 Å². The summed E-state index contributed by atoms with van der Waals surface area (Å²) in [5.74, 6) is -0.295. The molecule has 5 nitrogen and oxygen atoms in total. The number of benzene rings is 1. The van der Waals surface area contributed by atoms with Gasteiger partial charge < -0.3 is 10.5 Å². The van der Waals surface area contributed by atoms with Gasteiger partial charge in [-0.25, -0.2) is 0 Å². The van der Waals surface area contributed by atoms with E-state index in [4.69, 9.17) is 5.73 Å². The minimum absolute atomic E-state index is 0.201. The van der Waals surface area contributed by atoms with Crippen LogP contribution in [0.2, 0.25) is 0 Å². The molecule has 0 fully saturated rings. The third-order valence-electron chi connectivity index (χ3n) is 2.51. The van der Waals surface area contributed by atoms with Crippen molar-refractivity contribution in [1.29, 1.82) is 0 Å². The molecule has 2 rings (SSSR count). The molecule has 0 aliphatic rings. The molecule has 92 valence electrons. The Kier molecular flexibility index (Phi) is 3.52. The Hall–Kier alpha value is -2.43. The standard InChI is InChI=1S/C13H13N3O2/c1-18-12(17)4-2-3-9-10(14)5-6-11-13(9)16-8-7-15-11/h2-3,5-8H,4,14H2,1H3. The van der Waals surface area contributed by atoms with Crippen molar-refractivity contribution in [2.24, 2.45) is 0 Å². The summed E-state index contributed by atoms with van der Waals surface area (Å²) in [7, 11) is 1.36. The number of hydrogen-bond donors (Lipinski definition) is 1. The number of fused-ring (bicyclic) bond motifs is 1. The molecule has 5 heteroatoms. The van der Waals surface area contributed by atoms with E-state index in [1.54, 1.807) is 30.6 Å². The second-order valence-electron chi connectivity index (χ2n) is 3.68. The number of carbonyl (C=O) groups is 1. The monoisotopic (exact) mass is 243 g/mol. The fourth-order valence-electron chi connectivity index (χ4n) is 1.60. The Balaban J connectivity index is 2.37. The van der Waals surface area contributed by atoms with E-state index in [-0.39, 0.29) is 12.4 Å². The lowest BCUT2D eigenvalue weighted by molar-refractivity contribution is -0.139. The topological polar surface area (TPSA) is 78.1 Å². The number of nitrogens with zero attached hydrogens (tertiary/aromatic N) is 2. The van der Waals surface area contributed by atoms with Crippen LogP contribution in [0.25, 0.3) is 17.1 Å². The smallest absolute Gasteiger partial charge is 0.309 e. The van der Waals surface area contributed by atoms with Crippen molar-refractivity contribution < 1.29 is 9.53 Å². The van der Waals surface area contributed by atoms with Crippen LogP contribution >= 0.6 is 0 Å². The van der Waals surface area contributed by atoms with Crippen LogP contribution < -0.4 is 5.73 Å². The molecule has 2 aromatic rings. The molecule has 0 bridgehead atoms. The van der Waals surface area contributed by atoms with E-state index in [1.807, 2.05) is 6.07 Å². The van der Waals surface area contributed by atoms with E-state index in [2.05, 4.69) is 14.7 Å². The molecule has 2 N–H and O–H groups in total. The Labute approximate surface area is 104 Å². The van der Waals surface area contributed by atoms with Gasteiger partial charge in [0.1, 0.15) is 0 Å². The van der Waals surface area contributed by atoms with Gasteiger partial charge >= 0.3 is 5.97 Å². The van der Waals surface area contributed by atoms with E-state index in [9.17, 15) is 4.79 Å². The molecule has 0 saturated carbocycles. The normalized spacial score (nSPS) is 10.9. The van der Waals surface area contributed by atoms with Crippen LogP contribution in [0.5, 0.6) is 0 Å². The van der Waals surface area contributed by atoms with Gasteiger partial charge in [-0.2, -0.15) is 0 Å². The van der Waals surface area contributed by atoms with Gasteiger partial charge in [0.15, 0.2) is 0 Å². The zero-order valence-corrected chi connectivity index (χ0v) is 9.96. The zero-order valence-electron chi connectivity index (χ0n) is 9.96. The molecule has 0 spiro atoms. The summed E-state index contributed by atoms with van der Waals surface area (Å²) in [4.78, 5) is 19.5. The van der Waals surface area contributed by atoms with Gasteiger partial charge in [0.05, 0.1) is 24.6 Å². The second-order valence-corrected chi connectivity index (χ2v) is 3.68. The number of hydrogen-bond acceptors (Lipinski definition) is 5. The van der Waals surface area contributed by atoms with Crippen LogP contribution in [0.4, 0.5) is 5.69 Å². The summed E-state index contributed by atoms with van der Waals surface area (Å²) in [5, 5.41) is 0. The number of nitrogen functional groups attached to an aromatic ring is 1. The SMILES string of the molecule is COC(=O)CC=Cc1c(N)ccc2nccnc12. The quantitative estimate of drug-likeness (QED) is 0.656. The number of esters is 1.